The topological polar surface area (TPSA) is 17.1 Å². The molecule has 0 saturated carbocycles. The van der Waals surface area contributed by atoms with Crippen molar-refractivity contribution in [3.63, 3.8) is 0 Å². The molecule has 0 fully saturated rings. The van der Waals surface area contributed by atoms with Crippen LogP contribution < -0.4 is 0 Å². The Hall–Kier alpha value is -1.33. The predicted octanol–water partition coefficient (Wildman–Crippen LogP) is 3.29. The molecule has 17 heavy (non-hydrogen) atoms. The van der Waals surface area contributed by atoms with Gasteiger partial charge in [0.15, 0.2) is 5.78 Å². The second-order valence-corrected chi connectivity index (χ2v) is 10.6. The molecule has 2 heteroatoms. The lowest BCUT2D eigenvalue weighted by atomic mass is 10.0. The lowest BCUT2D eigenvalue weighted by molar-refractivity contribution is 0.0946. The molecule has 0 aromatic heterocycles. The number of carbonyl (C=O) groups excluding carboxylic acids is 1. The fraction of sp³-hybridized carbons (Fsp3) is 0.400. The van der Waals surface area contributed by atoms with Crippen molar-refractivity contribution in [2.75, 3.05) is 0 Å². The highest BCUT2D eigenvalue weighted by molar-refractivity contribution is 6.83. The summed E-state index contributed by atoms with van der Waals surface area (Å²) in [5.74, 6) is 3.62. The molecule has 0 radical (unpaired) electrons. The minimum atomic E-state index is -1.38. The Morgan fingerprint density at radius 1 is 1.29 bits per heavy atom. The van der Waals surface area contributed by atoms with Crippen molar-refractivity contribution in [2.24, 2.45) is 5.92 Å². The zero-order chi connectivity index (χ0) is 12.6. The molecule has 1 aromatic carbocycles. The molecule has 1 atom stereocenters. The van der Waals surface area contributed by atoms with Gasteiger partial charge in [-0.15, -0.1) is 5.54 Å². The summed E-state index contributed by atoms with van der Waals surface area (Å²) in [4.78, 5) is 12.1. The first-order chi connectivity index (χ1) is 7.88. The zero-order valence-electron chi connectivity index (χ0n) is 10.9. The summed E-state index contributed by atoms with van der Waals surface area (Å²) in [6.45, 7) is 8.65. The Labute approximate surface area is 104 Å². The summed E-state index contributed by atoms with van der Waals surface area (Å²) in [6, 6.07) is 6.04. The third-order valence-corrected chi connectivity index (χ3v) is 3.82. The van der Waals surface area contributed by atoms with Gasteiger partial charge in [0.1, 0.15) is 8.07 Å². The first-order valence-corrected chi connectivity index (χ1v) is 9.58. The molecular formula is C15H18OSi. The minimum Gasteiger partial charge on any atom is -0.294 e. The molecule has 88 valence electrons. The van der Waals surface area contributed by atoms with Gasteiger partial charge in [0.05, 0.1) is 0 Å². The number of hydrogen-bond donors (Lipinski definition) is 0. The molecule has 0 heterocycles. The van der Waals surface area contributed by atoms with E-state index in [0.717, 1.165) is 17.5 Å². The number of rotatable bonds is 0. The first-order valence-electron chi connectivity index (χ1n) is 6.08. The molecule has 1 aromatic rings. The van der Waals surface area contributed by atoms with Gasteiger partial charge in [0.2, 0.25) is 0 Å². The summed E-state index contributed by atoms with van der Waals surface area (Å²) < 4.78 is 0. The SMILES string of the molecule is CC1Cc2cccc(C#C[Si](C)(C)C)c2C1=O. The van der Waals surface area contributed by atoms with Crippen molar-refractivity contribution < 1.29 is 4.79 Å². The van der Waals surface area contributed by atoms with Gasteiger partial charge in [0, 0.05) is 17.0 Å². The van der Waals surface area contributed by atoms with Crippen LogP contribution in [0.25, 0.3) is 0 Å². The van der Waals surface area contributed by atoms with Crippen LogP contribution in [0.3, 0.4) is 0 Å². The number of fused-ring (bicyclic) bond motifs is 1. The first kappa shape index (κ1) is 12.1. The van der Waals surface area contributed by atoms with Gasteiger partial charge < -0.3 is 0 Å². The van der Waals surface area contributed by atoms with Gasteiger partial charge in [-0.05, 0) is 18.1 Å². The second kappa shape index (κ2) is 4.16. The molecule has 2 rings (SSSR count). The van der Waals surface area contributed by atoms with Crippen LogP contribution in [0.15, 0.2) is 18.2 Å². The molecule has 0 saturated heterocycles. The van der Waals surface area contributed by atoms with Crippen LogP contribution in [-0.2, 0) is 6.42 Å². The number of hydrogen-bond acceptors (Lipinski definition) is 1. The summed E-state index contributed by atoms with van der Waals surface area (Å²) in [6.07, 6.45) is 0.872. The molecule has 1 unspecified atom stereocenters. The highest BCUT2D eigenvalue weighted by Gasteiger charge is 2.28. The number of Topliss-reactive ketones (excluding diaryl/α,β-unsaturated/α-hetero) is 1. The zero-order valence-corrected chi connectivity index (χ0v) is 11.9. The summed E-state index contributed by atoms with van der Waals surface area (Å²) in [7, 11) is -1.38. The van der Waals surface area contributed by atoms with Crippen molar-refractivity contribution in [3.05, 3.63) is 34.9 Å². The number of carbonyl (C=O) groups is 1. The van der Waals surface area contributed by atoms with Gasteiger partial charge in [-0.3, -0.25) is 4.79 Å². The van der Waals surface area contributed by atoms with Crippen LogP contribution in [0.4, 0.5) is 0 Å². The smallest absolute Gasteiger partial charge is 0.167 e. The lowest BCUT2D eigenvalue weighted by Crippen LogP contribution is -2.16. The molecule has 0 amide bonds. The monoisotopic (exact) mass is 242 g/mol. The van der Waals surface area contributed by atoms with Gasteiger partial charge >= 0.3 is 0 Å². The van der Waals surface area contributed by atoms with Gasteiger partial charge in [-0.2, -0.15) is 0 Å². The fourth-order valence-corrected chi connectivity index (χ4v) is 2.60. The summed E-state index contributed by atoms with van der Waals surface area (Å²) in [5.41, 5.74) is 6.32. The van der Waals surface area contributed by atoms with Crippen LogP contribution in [0.5, 0.6) is 0 Å². The van der Waals surface area contributed by atoms with Crippen LogP contribution in [0.2, 0.25) is 19.6 Å². The van der Waals surface area contributed by atoms with Gasteiger partial charge in [-0.1, -0.05) is 44.6 Å². The highest BCUT2D eigenvalue weighted by atomic mass is 28.3. The average molecular weight is 242 g/mol. The molecule has 0 N–H and O–H groups in total. The van der Waals surface area contributed by atoms with Crippen LogP contribution in [-0.4, -0.2) is 13.9 Å². The van der Waals surface area contributed by atoms with E-state index in [4.69, 9.17) is 0 Å². The normalized spacial score (nSPS) is 18.6. The third-order valence-electron chi connectivity index (χ3n) is 2.94. The molecule has 1 aliphatic rings. The minimum absolute atomic E-state index is 0.125. The number of benzene rings is 1. The summed E-state index contributed by atoms with van der Waals surface area (Å²) in [5, 5.41) is 0. The quantitative estimate of drug-likeness (QED) is 0.504. The van der Waals surface area contributed by atoms with Crippen molar-refractivity contribution in [1.29, 1.82) is 0 Å². The van der Waals surface area contributed by atoms with Crippen LogP contribution in [0.1, 0.15) is 28.4 Å². The van der Waals surface area contributed by atoms with E-state index in [2.05, 4.69) is 37.2 Å². The maximum Gasteiger partial charge on any atom is 0.167 e. The molecule has 1 aliphatic carbocycles. The lowest BCUT2D eigenvalue weighted by Gasteiger charge is -2.05. The van der Waals surface area contributed by atoms with Crippen LogP contribution in [0, 0.1) is 17.4 Å². The van der Waals surface area contributed by atoms with E-state index in [1.54, 1.807) is 0 Å². The molecule has 1 nitrogen and oxygen atoms in total. The van der Waals surface area contributed by atoms with Crippen molar-refractivity contribution in [1.82, 2.24) is 0 Å². The van der Waals surface area contributed by atoms with Crippen molar-refractivity contribution >= 4 is 13.9 Å². The van der Waals surface area contributed by atoms with E-state index in [9.17, 15) is 4.79 Å². The van der Waals surface area contributed by atoms with E-state index in [-0.39, 0.29) is 11.7 Å². The van der Waals surface area contributed by atoms with E-state index < -0.39 is 8.07 Å². The van der Waals surface area contributed by atoms with Crippen molar-refractivity contribution in [3.8, 4) is 11.5 Å². The molecule has 0 aliphatic heterocycles. The standard InChI is InChI=1S/C15H18OSi/c1-11-10-13-7-5-6-12(14(13)15(11)16)8-9-17(2,3)4/h5-7,11H,10H2,1-4H3. The van der Waals surface area contributed by atoms with Gasteiger partial charge in [-0.25, -0.2) is 0 Å². The maximum absolute atomic E-state index is 12.1. The van der Waals surface area contributed by atoms with Crippen LogP contribution >= 0.6 is 0 Å². The Morgan fingerprint density at radius 2 is 2.00 bits per heavy atom. The summed E-state index contributed by atoms with van der Waals surface area (Å²) >= 11 is 0. The van der Waals surface area contributed by atoms with E-state index >= 15 is 0 Å². The Kier molecular flexibility index (Phi) is 2.97. The predicted molar refractivity (Wildman–Crippen MR) is 73.9 cm³/mol. The Bertz CT molecular complexity index is 526. The Morgan fingerprint density at radius 3 is 2.65 bits per heavy atom. The van der Waals surface area contributed by atoms with E-state index in [1.807, 2.05) is 19.1 Å². The average Bonchev–Trinajstić information content (AvgIpc) is 2.52. The maximum atomic E-state index is 12.1. The highest BCUT2D eigenvalue weighted by Crippen LogP contribution is 2.28. The molecule has 0 bridgehead atoms. The second-order valence-electron chi connectivity index (χ2n) is 5.81. The van der Waals surface area contributed by atoms with Crippen molar-refractivity contribution in [2.45, 2.75) is 33.0 Å². The fourth-order valence-electron chi connectivity index (χ4n) is 2.09. The van der Waals surface area contributed by atoms with Gasteiger partial charge in [0.25, 0.3) is 0 Å². The third kappa shape index (κ3) is 2.50. The van der Waals surface area contributed by atoms with E-state index in [1.165, 1.54) is 5.56 Å². The van der Waals surface area contributed by atoms with E-state index in [0.29, 0.717) is 0 Å². The molecular weight excluding hydrogens is 224 g/mol. The largest absolute Gasteiger partial charge is 0.294 e. The number of ketones is 1. The Balaban J connectivity index is 2.48. The molecule has 0 spiro atoms.